The molecule has 178 valence electrons. The summed E-state index contributed by atoms with van der Waals surface area (Å²) in [5.41, 5.74) is 5.06. The predicted octanol–water partition coefficient (Wildman–Crippen LogP) is 4.80. The van der Waals surface area contributed by atoms with E-state index in [0.29, 0.717) is 36.0 Å². The van der Waals surface area contributed by atoms with Gasteiger partial charge in [-0.3, -0.25) is 10.1 Å². The molecule has 0 spiro atoms. The van der Waals surface area contributed by atoms with Crippen molar-refractivity contribution in [3.8, 4) is 17.1 Å². The molecule has 0 amide bonds. The Bertz CT molecular complexity index is 1480. The Labute approximate surface area is 201 Å². The number of nitrogens with zero attached hydrogens (tertiary/aromatic N) is 5. The van der Waals surface area contributed by atoms with Crippen LogP contribution in [0.3, 0.4) is 0 Å². The number of aryl methyl sites for hydroxylation is 2. The number of benzene rings is 2. The summed E-state index contributed by atoms with van der Waals surface area (Å²) in [5, 5.41) is 15.6. The molecule has 35 heavy (non-hydrogen) atoms. The fourth-order valence-corrected chi connectivity index (χ4v) is 4.47. The molecule has 1 N–H and O–H groups in total. The monoisotopic (exact) mass is 472 g/mol. The fraction of sp³-hybridized carbons (Fsp3) is 0.240. The first-order chi connectivity index (χ1) is 17.0. The van der Waals surface area contributed by atoms with Crippen LogP contribution in [-0.4, -0.2) is 44.8 Å². The number of nitro groups is 1. The van der Waals surface area contributed by atoms with E-state index in [0.717, 1.165) is 28.6 Å². The van der Waals surface area contributed by atoms with E-state index in [9.17, 15) is 10.1 Å². The van der Waals surface area contributed by atoms with E-state index < -0.39 is 4.92 Å². The van der Waals surface area contributed by atoms with Gasteiger partial charge in [0.1, 0.15) is 12.1 Å². The smallest absolute Gasteiger partial charge is 0.274 e. The summed E-state index contributed by atoms with van der Waals surface area (Å²) >= 11 is 0. The number of methoxy groups -OCH3 is 1. The van der Waals surface area contributed by atoms with Crippen LogP contribution in [0.2, 0.25) is 0 Å². The highest BCUT2D eigenvalue weighted by atomic mass is 16.6. The number of anilines is 2. The molecule has 0 unspecified atom stereocenters. The molecule has 10 nitrogen and oxygen atoms in total. The molecule has 0 atom stereocenters. The highest BCUT2D eigenvalue weighted by molar-refractivity contribution is 6.01. The number of para-hydroxylation sites is 1. The maximum absolute atomic E-state index is 11.5. The lowest BCUT2D eigenvalue weighted by molar-refractivity contribution is -0.385. The van der Waals surface area contributed by atoms with Gasteiger partial charge in [-0.25, -0.2) is 9.97 Å². The van der Waals surface area contributed by atoms with E-state index in [1.807, 2.05) is 19.2 Å². The van der Waals surface area contributed by atoms with Crippen LogP contribution in [0.5, 0.6) is 5.75 Å². The van der Waals surface area contributed by atoms with E-state index in [-0.39, 0.29) is 11.6 Å². The summed E-state index contributed by atoms with van der Waals surface area (Å²) in [6, 6.07) is 11.2. The molecule has 0 saturated heterocycles. The first kappa shape index (κ1) is 22.5. The number of nitrogens with one attached hydrogen (secondary N) is 1. The maximum Gasteiger partial charge on any atom is 0.274 e. The SMILES string of the molecule is COc1cc(C)c([N+](=O)[O-])cc1Nc1ncnc(-c2c(C3=CCOCC3)n(C)c3ccccc23)n1. The summed E-state index contributed by atoms with van der Waals surface area (Å²) in [6.45, 7) is 2.88. The standard InChI is InChI=1S/C25H24N6O4/c1-15-12-21(34-3)18(13-20(15)31(32)33)28-25-27-14-26-24(29-25)22-17-6-4-5-7-19(17)30(2)23(22)16-8-10-35-11-9-16/h4-8,12-14H,9-11H2,1-3H3,(H,26,27,28,29). The number of fused-ring (bicyclic) bond motifs is 1. The Morgan fingerprint density at radius 3 is 2.80 bits per heavy atom. The van der Waals surface area contributed by atoms with Crippen molar-refractivity contribution in [2.24, 2.45) is 7.05 Å². The van der Waals surface area contributed by atoms with Crippen LogP contribution in [0, 0.1) is 17.0 Å². The van der Waals surface area contributed by atoms with Gasteiger partial charge in [-0.05, 0) is 31.1 Å². The van der Waals surface area contributed by atoms with Crippen LogP contribution < -0.4 is 10.1 Å². The second-order valence-corrected chi connectivity index (χ2v) is 8.21. The molecule has 0 bridgehead atoms. The summed E-state index contributed by atoms with van der Waals surface area (Å²) in [4.78, 5) is 24.5. The first-order valence-electron chi connectivity index (χ1n) is 11.1. The highest BCUT2D eigenvalue weighted by Crippen LogP contribution is 2.39. The Balaban J connectivity index is 1.63. The third-order valence-electron chi connectivity index (χ3n) is 6.13. The average molecular weight is 473 g/mol. The lowest BCUT2D eigenvalue weighted by Gasteiger charge is -2.16. The molecular formula is C25H24N6O4. The van der Waals surface area contributed by atoms with Crippen molar-refractivity contribution in [2.75, 3.05) is 25.6 Å². The van der Waals surface area contributed by atoms with Crippen LogP contribution in [0.25, 0.3) is 27.9 Å². The van der Waals surface area contributed by atoms with Crippen LogP contribution in [0.15, 0.2) is 48.8 Å². The van der Waals surface area contributed by atoms with Gasteiger partial charge in [0.25, 0.3) is 5.69 Å². The van der Waals surface area contributed by atoms with Crippen LogP contribution in [0.1, 0.15) is 17.7 Å². The first-order valence-corrected chi connectivity index (χ1v) is 11.1. The Hall–Kier alpha value is -4.31. The number of hydrogen-bond donors (Lipinski definition) is 1. The predicted molar refractivity (Wildman–Crippen MR) is 133 cm³/mol. The molecule has 0 fully saturated rings. The molecule has 3 heterocycles. The average Bonchev–Trinajstić information content (AvgIpc) is 3.18. The summed E-state index contributed by atoms with van der Waals surface area (Å²) in [5.74, 6) is 1.21. The molecule has 2 aromatic carbocycles. The zero-order chi connectivity index (χ0) is 24.5. The Morgan fingerprint density at radius 2 is 2.06 bits per heavy atom. The van der Waals surface area contributed by atoms with Gasteiger partial charge in [-0.15, -0.1) is 0 Å². The van der Waals surface area contributed by atoms with Crippen molar-refractivity contribution in [3.05, 3.63) is 70.2 Å². The molecule has 4 aromatic rings. The van der Waals surface area contributed by atoms with E-state index in [2.05, 4.69) is 38.1 Å². The van der Waals surface area contributed by atoms with Crippen molar-refractivity contribution >= 4 is 33.8 Å². The van der Waals surface area contributed by atoms with Crippen LogP contribution in [-0.2, 0) is 11.8 Å². The molecular weight excluding hydrogens is 448 g/mol. The fourth-order valence-electron chi connectivity index (χ4n) is 4.47. The quantitative estimate of drug-likeness (QED) is 0.314. The number of hydrogen-bond acceptors (Lipinski definition) is 8. The summed E-state index contributed by atoms with van der Waals surface area (Å²) in [6.07, 6.45) is 4.32. The zero-order valence-electron chi connectivity index (χ0n) is 19.6. The summed E-state index contributed by atoms with van der Waals surface area (Å²) < 4.78 is 13.1. The molecule has 1 aliphatic heterocycles. The van der Waals surface area contributed by atoms with E-state index in [4.69, 9.17) is 14.5 Å². The molecule has 5 rings (SSSR count). The number of nitro benzene ring substituents is 1. The Morgan fingerprint density at radius 1 is 1.23 bits per heavy atom. The minimum absolute atomic E-state index is 0.0228. The van der Waals surface area contributed by atoms with Crippen molar-refractivity contribution in [3.63, 3.8) is 0 Å². The van der Waals surface area contributed by atoms with Crippen LogP contribution in [0.4, 0.5) is 17.3 Å². The number of ether oxygens (including phenoxy) is 2. The van der Waals surface area contributed by atoms with Crippen molar-refractivity contribution < 1.29 is 14.4 Å². The normalized spacial score (nSPS) is 13.5. The highest BCUT2D eigenvalue weighted by Gasteiger charge is 2.23. The van der Waals surface area contributed by atoms with E-state index >= 15 is 0 Å². The molecule has 2 aromatic heterocycles. The van der Waals surface area contributed by atoms with Gasteiger partial charge < -0.3 is 19.4 Å². The van der Waals surface area contributed by atoms with Crippen molar-refractivity contribution in [1.29, 1.82) is 0 Å². The molecule has 1 aliphatic rings. The minimum Gasteiger partial charge on any atom is -0.495 e. The second kappa shape index (κ2) is 9.15. The maximum atomic E-state index is 11.5. The van der Waals surface area contributed by atoms with Gasteiger partial charge in [-0.2, -0.15) is 4.98 Å². The minimum atomic E-state index is -0.428. The zero-order valence-corrected chi connectivity index (χ0v) is 19.6. The lowest BCUT2D eigenvalue weighted by Crippen LogP contribution is -2.08. The largest absolute Gasteiger partial charge is 0.495 e. The molecule has 0 saturated carbocycles. The van der Waals surface area contributed by atoms with Crippen LogP contribution >= 0.6 is 0 Å². The lowest BCUT2D eigenvalue weighted by atomic mass is 10.0. The topological polar surface area (TPSA) is 117 Å². The van der Waals surface area contributed by atoms with Gasteiger partial charge in [0, 0.05) is 29.6 Å². The van der Waals surface area contributed by atoms with Crippen molar-refractivity contribution in [1.82, 2.24) is 19.5 Å². The molecule has 10 heteroatoms. The Kier molecular flexibility index (Phi) is 5.87. The van der Waals surface area contributed by atoms with E-state index in [1.165, 1.54) is 25.1 Å². The number of rotatable bonds is 6. The second-order valence-electron chi connectivity index (χ2n) is 8.21. The van der Waals surface area contributed by atoms with E-state index in [1.54, 1.807) is 13.0 Å². The van der Waals surface area contributed by atoms with Gasteiger partial charge in [0.2, 0.25) is 5.95 Å². The van der Waals surface area contributed by atoms with Gasteiger partial charge >= 0.3 is 0 Å². The number of aromatic nitrogens is 4. The van der Waals surface area contributed by atoms with Gasteiger partial charge in [0.15, 0.2) is 5.82 Å². The van der Waals surface area contributed by atoms with Gasteiger partial charge in [0.05, 0.1) is 42.2 Å². The molecule has 0 radical (unpaired) electrons. The van der Waals surface area contributed by atoms with Crippen molar-refractivity contribution in [2.45, 2.75) is 13.3 Å². The summed E-state index contributed by atoms with van der Waals surface area (Å²) in [7, 11) is 3.54. The van der Waals surface area contributed by atoms with Gasteiger partial charge in [-0.1, -0.05) is 24.3 Å². The third kappa shape index (κ3) is 4.08. The third-order valence-corrected chi connectivity index (χ3v) is 6.13. The molecule has 0 aliphatic carbocycles.